The quantitative estimate of drug-likeness (QED) is 0.757. The van der Waals surface area contributed by atoms with E-state index < -0.39 is 11.9 Å². The fourth-order valence-electron chi connectivity index (χ4n) is 3.98. The number of carbonyl (C=O) groups excluding carboxylic acids is 2. The molecular formula is C20H19ClFN3O2. The Morgan fingerprint density at radius 3 is 2.44 bits per heavy atom. The maximum Gasteiger partial charge on any atom is 0.251 e. The van der Waals surface area contributed by atoms with Gasteiger partial charge in [0.05, 0.1) is 23.2 Å². The lowest BCUT2D eigenvalue weighted by molar-refractivity contribution is -0.123. The Hall–Kier alpha value is -2.31. The van der Waals surface area contributed by atoms with E-state index in [1.54, 1.807) is 12.4 Å². The van der Waals surface area contributed by atoms with Crippen LogP contribution in [0.15, 0.2) is 42.7 Å². The predicted octanol–water partition coefficient (Wildman–Crippen LogP) is 3.39. The van der Waals surface area contributed by atoms with E-state index in [0.717, 1.165) is 30.8 Å². The van der Waals surface area contributed by atoms with E-state index in [1.807, 2.05) is 12.1 Å². The number of amides is 2. The van der Waals surface area contributed by atoms with Gasteiger partial charge in [0.25, 0.3) is 5.91 Å². The second-order valence-electron chi connectivity index (χ2n) is 6.98. The van der Waals surface area contributed by atoms with E-state index >= 15 is 0 Å². The minimum absolute atomic E-state index is 0.102. The molecule has 2 aliphatic rings. The van der Waals surface area contributed by atoms with Gasteiger partial charge in [-0.3, -0.25) is 19.5 Å². The lowest BCUT2D eigenvalue weighted by atomic mass is 9.89. The first kappa shape index (κ1) is 18.1. The molecule has 1 aromatic heterocycles. The van der Waals surface area contributed by atoms with Crippen molar-refractivity contribution in [3.63, 3.8) is 0 Å². The Morgan fingerprint density at radius 2 is 1.78 bits per heavy atom. The highest BCUT2D eigenvalue weighted by Gasteiger charge is 2.43. The van der Waals surface area contributed by atoms with Crippen LogP contribution in [0.4, 0.5) is 10.1 Å². The van der Waals surface area contributed by atoms with Gasteiger partial charge in [0.2, 0.25) is 5.91 Å². The Labute approximate surface area is 161 Å². The molecule has 0 bridgehead atoms. The molecule has 3 heterocycles. The zero-order chi connectivity index (χ0) is 19.0. The fourth-order valence-corrected chi connectivity index (χ4v) is 4.15. The molecule has 0 saturated carbocycles. The number of halogens is 2. The minimum atomic E-state index is -0.575. The summed E-state index contributed by atoms with van der Waals surface area (Å²) in [5.41, 5.74) is 1.59. The van der Waals surface area contributed by atoms with Crippen molar-refractivity contribution >= 4 is 29.1 Å². The van der Waals surface area contributed by atoms with Gasteiger partial charge in [0, 0.05) is 12.4 Å². The topological polar surface area (TPSA) is 53.5 Å². The summed E-state index contributed by atoms with van der Waals surface area (Å²) in [4.78, 5) is 32.6. The predicted molar refractivity (Wildman–Crippen MR) is 100 cm³/mol. The van der Waals surface area contributed by atoms with Gasteiger partial charge in [-0.1, -0.05) is 11.6 Å². The van der Waals surface area contributed by atoms with Crippen LogP contribution in [0, 0.1) is 5.82 Å². The van der Waals surface area contributed by atoms with Crippen LogP contribution in [0.1, 0.15) is 30.7 Å². The van der Waals surface area contributed by atoms with Gasteiger partial charge in [-0.2, -0.15) is 0 Å². The maximum absolute atomic E-state index is 13.4. The number of anilines is 1. The average Bonchev–Trinajstić information content (AvgIpc) is 2.99. The van der Waals surface area contributed by atoms with Gasteiger partial charge >= 0.3 is 0 Å². The molecule has 0 spiro atoms. The summed E-state index contributed by atoms with van der Waals surface area (Å²) in [6, 6.07) is 7.51. The van der Waals surface area contributed by atoms with Crippen molar-refractivity contribution in [1.82, 2.24) is 9.88 Å². The summed E-state index contributed by atoms with van der Waals surface area (Å²) >= 11 is 5.81. The Kier molecular flexibility index (Phi) is 4.93. The SMILES string of the molecule is O=C1C[C@@H](N2CCC(c3ccncc3)CC2)C(=O)N1c1ccc(F)c(Cl)c1. The number of likely N-dealkylation sites (tertiary alicyclic amines) is 1. The summed E-state index contributed by atoms with van der Waals surface area (Å²) in [5, 5.41) is -0.102. The van der Waals surface area contributed by atoms with Gasteiger partial charge in [-0.15, -0.1) is 0 Å². The first-order valence-corrected chi connectivity index (χ1v) is 9.38. The number of carbonyl (C=O) groups is 2. The van der Waals surface area contributed by atoms with Gasteiger partial charge in [0.1, 0.15) is 5.82 Å². The molecule has 7 heteroatoms. The zero-order valence-corrected chi connectivity index (χ0v) is 15.4. The van der Waals surface area contributed by atoms with Crippen LogP contribution in [-0.4, -0.2) is 40.8 Å². The van der Waals surface area contributed by atoms with Crippen LogP contribution in [0.2, 0.25) is 5.02 Å². The standard InChI is InChI=1S/C20H19ClFN3O2/c21-16-11-15(1-2-17(16)22)25-19(26)12-18(20(25)27)24-9-5-14(6-10-24)13-3-7-23-8-4-13/h1-4,7-8,11,14,18H,5-6,9-10,12H2/t18-/m1/s1. The van der Waals surface area contributed by atoms with Crippen LogP contribution < -0.4 is 4.90 Å². The van der Waals surface area contributed by atoms with Crippen molar-refractivity contribution in [1.29, 1.82) is 0 Å². The Morgan fingerprint density at radius 1 is 1.07 bits per heavy atom. The lowest BCUT2D eigenvalue weighted by Gasteiger charge is -2.34. The molecule has 27 heavy (non-hydrogen) atoms. The van der Waals surface area contributed by atoms with Gasteiger partial charge in [-0.05, 0) is 67.7 Å². The minimum Gasteiger partial charge on any atom is -0.291 e. The molecule has 0 unspecified atom stereocenters. The third-order valence-corrected chi connectivity index (χ3v) is 5.72. The van der Waals surface area contributed by atoms with E-state index in [4.69, 9.17) is 11.6 Å². The van der Waals surface area contributed by atoms with Crippen molar-refractivity contribution in [3.05, 3.63) is 59.1 Å². The van der Waals surface area contributed by atoms with Crippen LogP contribution in [0.5, 0.6) is 0 Å². The number of hydrogen-bond acceptors (Lipinski definition) is 4. The molecule has 0 N–H and O–H groups in total. The number of benzene rings is 1. The lowest BCUT2D eigenvalue weighted by Crippen LogP contribution is -2.45. The molecule has 4 rings (SSSR count). The van der Waals surface area contributed by atoms with E-state index in [9.17, 15) is 14.0 Å². The molecule has 0 radical (unpaired) electrons. The normalized spacial score (nSPS) is 21.9. The fraction of sp³-hybridized carbons (Fsp3) is 0.350. The summed E-state index contributed by atoms with van der Waals surface area (Å²) in [6.45, 7) is 1.52. The maximum atomic E-state index is 13.4. The van der Waals surface area contributed by atoms with Crippen molar-refractivity contribution in [3.8, 4) is 0 Å². The highest BCUT2D eigenvalue weighted by Crippen LogP contribution is 2.33. The number of piperidine rings is 1. The number of imide groups is 1. The zero-order valence-electron chi connectivity index (χ0n) is 14.6. The molecule has 0 aliphatic carbocycles. The first-order valence-electron chi connectivity index (χ1n) is 9.00. The summed E-state index contributed by atoms with van der Waals surface area (Å²) in [6.07, 6.45) is 5.61. The molecule has 5 nitrogen and oxygen atoms in total. The summed E-state index contributed by atoms with van der Waals surface area (Å²) in [5.74, 6) is -0.660. The molecule has 2 aliphatic heterocycles. The van der Waals surface area contributed by atoms with Crippen LogP contribution in [0.25, 0.3) is 0 Å². The second-order valence-corrected chi connectivity index (χ2v) is 7.38. The van der Waals surface area contributed by atoms with Crippen LogP contribution >= 0.6 is 11.6 Å². The Bertz CT molecular complexity index is 869. The molecule has 1 atom stereocenters. The summed E-state index contributed by atoms with van der Waals surface area (Å²) < 4.78 is 13.4. The van der Waals surface area contributed by atoms with Gasteiger partial charge in [0.15, 0.2) is 0 Å². The third-order valence-electron chi connectivity index (χ3n) is 5.43. The van der Waals surface area contributed by atoms with Crippen LogP contribution in [0.3, 0.4) is 0 Å². The molecule has 2 fully saturated rings. The molecule has 1 aromatic carbocycles. The number of hydrogen-bond donors (Lipinski definition) is 0. The van der Waals surface area contributed by atoms with E-state index in [1.165, 1.54) is 23.8 Å². The van der Waals surface area contributed by atoms with Crippen LogP contribution in [-0.2, 0) is 9.59 Å². The first-order chi connectivity index (χ1) is 13.0. The van der Waals surface area contributed by atoms with Crippen molar-refractivity contribution in [2.24, 2.45) is 0 Å². The highest BCUT2D eigenvalue weighted by molar-refractivity contribution is 6.31. The van der Waals surface area contributed by atoms with Gasteiger partial charge < -0.3 is 0 Å². The molecule has 2 aromatic rings. The van der Waals surface area contributed by atoms with E-state index in [-0.39, 0.29) is 23.3 Å². The monoisotopic (exact) mass is 387 g/mol. The summed E-state index contributed by atoms with van der Waals surface area (Å²) in [7, 11) is 0. The third kappa shape index (κ3) is 3.47. The molecule has 2 amide bonds. The average molecular weight is 388 g/mol. The molecular weight excluding hydrogens is 369 g/mol. The van der Waals surface area contributed by atoms with E-state index in [0.29, 0.717) is 11.6 Å². The number of nitrogens with zero attached hydrogens (tertiary/aromatic N) is 3. The van der Waals surface area contributed by atoms with Gasteiger partial charge in [-0.25, -0.2) is 9.29 Å². The second kappa shape index (κ2) is 7.37. The number of rotatable bonds is 3. The Balaban J connectivity index is 1.45. The molecule has 2 saturated heterocycles. The van der Waals surface area contributed by atoms with E-state index in [2.05, 4.69) is 9.88 Å². The largest absolute Gasteiger partial charge is 0.291 e. The van der Waals surface area contributed by atoms with Crippen molar-refractivity contribution < 1.29 is 14.0 Å². The number of pyridine rings is 1. The smallest absolute Gasteiger partial charge is 0.251 e. The van der Waals surface area contributed by atoms with Crippen molar-refractivity contribution in [2.45, 2.75) is 31.2 Å². The number of aromatic nitrogens is 1. The van der Waals surface area contributed by atoms with Crippen molar-refractivity contribution in [2.75, 3.05) is 18.0 Å². The molecule has 140 valence electrons. The highest BCUT2D eigenvalue weighted by atomic mass is 35.5.